The molecule has 1 N–H and O–H groups in total. The van der Waals surface area contributed by atoms with Crippen LogP contribution in [0.3, 0.4) is 0 Å². The Kier molecular flexibility index (Phi) is 4.00. The first-order valence-corrected chi connectivity index (χ1v) is 11.4. The molecule has 2 aliphatic carbocycles. The number of rotatable bonds is 3. The zero-order valence-corrected chi connectivity index (χ0v) is 17.1. The van der Waals surface area contributed by atoms with Gasteiger partial charge in [0.2, 0.25) is 5.95 Å². The summed E-state index contributed by atoms with van der Waals surface area (Å²) in [6.45, 7) is 4.31. The van der Waals surface area contributed by atoms with Crippen molar-refractivity contribution < 1.29 is 0 Å². The number of benzene rings is 1. The maximum absolute atomic E-state index is 12.6. The van der Waals surface area contributed by atoms with Crippen molar-refractivity contribution in [2.75, 3.05) is 36.0 Å². The van der Waals surface area contributed by atoms with Gasteiger partial charge in [-0.25, -0.2) is 4.98 Å². The van der Waals surface area contributed by atoms with E-state index in [0.717, 1.165) is 81.3 Å². The molecule has 2 fully saturated rings. The monoisotopic (exact) mass is 390 g/mol. The third-order valence-electron chi connectivity index (χ3n) is 7.68. The minimum Gasteiger partial charge on any atom is -0.370 e. The van der Waals surface area contributed by atoms with Gasteiger partial charge in [-0.3, -0.25) is 9.78 Å². The molecule has 3 heterocycles. The Morgan fingerprint density at radius 3 is 2.72 bits per heavy atom. The topological polar surface area (TPSA) is 52.2 Å². The van der Waals surface area contributed by atoms with Gasteiger partial charge in [0, 0.05) is 42.8 Å². The smallest absolute Gasteiger partial charge is 0.255 e. The number of piperidine rings is 1. The highest BCUT2D eigenvalue weighted by Gasteiger charge is 2.45. The van der Waals surface area contributed by atoms with E-state index >= 15 is 0 Å². The van der Waals surface area contributed by atoms with Crippen LogP contribution in [0.1, 0.15) is 55.3 Å². The van der Waals surface area contributed by atoms with Gasteiger partial charge in [-0.15, -0.1) is 0 Å². The van der Waals surface area contributed by atoms with Gasteiger partial charge in [0.25, 0.3) is 5.56 Å². The zero-order valence-electron chi connectivity index (χ0n) is 17.1. The van der Waals surface area contributed by atoms with Gasteiger partial charge in [0.1, 0.15) is 0 Å². The van der Waals surface area contributed by atoms with Crippen molar-refractivity contribution in [1.82, 2.24) is 9.97 Å². The fraction of sp³-hybridized carbons (Fsp3) is 0.583. The highest BCUT2D eigenvalue weighted by atomic mass is 16.1. The van der Waals surface area contributed by atoms with Crippen LogP contribution < -0.4 is 15.4 Å². The molecule has 1 spiro atoms. The van der Waals surface area contributed by atoms with Gasteiger partial charge in [0.15, 0.2) is 0 Å². The van der Waals surface area contributed by atoms with Crippen LogP contribution in [0.2, 0.25) is 0 Å². The van der Waals surface area contributed by atoms with Crippen LogP contribution in [-0.2, 0) is 18.3 Å². The normalized spacial score (nSPS) is 22.6. The van der Waals surface area contributed by atoms with Crippen LogP contribution in [0.4, 0.5) is 11.6 Å². The largest absolute Gasteiger partial charge is 0.370 e. The molecule has 1 aromatic heterocycles. The number of hydrogen-bond acceptors (Lipinski definition) is 4. The first kappa shape index (κ1) is 17.5. The molecule has 0 bridgehead atoms. The van der Waals surface area contributed by atoms with Crippen molar-refractivity contribution in [3.05, 3.63) is 51.4 Å². The average Bonchev–Trinajstić information content (AvgIpc) is 3.53. The molecule has 5 nitrogen and oxygen atoms in total. The molecule has 2 aromatic rings. The fourth-order valence-corrected chi connectivity index (χ4v) is 5.82. The van der Waals surface area contributed by atoms with Crippen LogP contribution in [0, 0.1) is 5.92 Å². The third-order valence-corrected chi connectivity index (χ3v) is 7.68. The number of hydrogen-bond donors (Lipinski definition) is 1. The molecule has 1 aromatic carbocycles. The number of aryl methyl sites for hydroxylation is 1. The Hall–Kier alpha value is -2.30. The van der Waals surface area contributed by atoms with E-state index in [1.807, 2.05) is 0 Å². The summed E-state index contributed by atoms with van der Waals surface area (Å²) in [6.07, 6.45) is 9.16. The van der Waals surface area contributed by atoms with Crippen LogP contribution >= 0.6 is 0 Å². The molecule has 4 aliphatic rings. The number of H-pyrrole nitrogens is 1. The second-order valence-electron chi connectivity index (χ2n) is 9.63. The Labute approximate surface area is 172 Å². The van der Waals surface area contributed by atoms with E-state index in [1.165, 1.54) is 25.1 Å². The first-order valence-electron chi connectivity index (χ1n) is 11.4. The number of fused-ring (bicyclic) bond motifs is 3. The standard InChI is InChI=1S/C24H30N4O/c29-22-18-5-1-3-7-20(18)25-23(26-22)27-13-11-24(12-14-27)16-28(15-17-9-10-17)21-8-4-2-6-19(21)24/h2,4,6,8,17H,1,3,5,7,9-16H2,(H,25,26,29). The van der Waals surface area contributed by atoms with E-state index in [0.29, 0.717) is 0 Å². The second-order valence-corrected chi connectivity index (χ2v) is 9.63. The summed E-state index contributed by atoms with van der Waals surface area (Å²) in [7, 11) is 0. The predicted octanol–water partition coefficient (Wildman–Crippen LogP) is 3.42. The second kappa shape index (κ2) is 6.61. The van der Waals surface area contributed by atoms with Gasteiger partial charge >= 0.3 is 0 Å². The predicted molar refractivity (Wildman–Crippen MR) is 116 cm³/mol. The van der Waals surface area contributed by atoms with Crippen molar-refractivity contribution >= 4 is 11.6 Å². The number of para-hydroxylation sites is 1. The van der Waals surface area contributed by atoms with E-state index in [4.69, 9.17) is 4.98 Å². The summed E-state index contributed by atoms with van der Waals surface area (Å²) < 4.78 is 0. The van der Waals surface area contributed by atoms with E-state index in [9.17, 15) is 4.79 Å². The van der Waals surface area contributed by atoms with E-state index in [2.05, 4.69) is 39.0 Å². The van der Waals surface area contributed by atoms with Crippen LogP contribution in [0.5, 0.6) is 0 Å². The van der Waals surface area contributed by atoms with Gasteiger partial charge in [-0.2, -0.15) is 0 Å². The fourth-order valence-electron chi connectivity index (χ4n) is 5.82. The van der Waals surface area contributed by atoms with Crippen LogP contribution in [0.25, 0.3) is 0 Å². The summed E-state index contributed by atoms with van der Waals surface area (Å²) >= 11 is 0. The van der Waals surface area contributed by atoms with Gasteiger partial charge in [-0.1, -0.05) is 18.2 Å². The summed E-state index contributed by atoms with van der Waals surface area (Å²) in [5, 5.41) is 0. The number of aromatic nitrogens is 2. The quantitative estimate of drug-likeness (QED) is 0.873. The van der Waals surface area contributed by atoms with Crippen LogP contribution in [-0.4, -0.2) is 36.1 Å². The van der Waals surface area contributed by atoms with Crippen molar-refractivity contribution in [3.8, 4) is 0 Å². The average molecular weight is 391 g/mol. The molecule has 6 rings (SSSR count). The minimum atomic E-state index is 0.0896. The van der Waals surface area contributed by atoms with Gasteiger partial charge < -0.3 is 9.80 Å². The highest BCUT2D eigenvalue weighted by Crippen LogP contribution is 2.48. The van der Waals surface area contributed by atoms with E-state index in [-0.39, 0.29) is 11.0 Å². The Morgan fingerprint density at radius 1 is 1.10 bits per heavy atom. The van der Waals surface area contributed by atoms with Gasteiger partial charge in [0.05, 0.1) is 5.69 Å². The number of nitrogens with zero attached hydrogens (tertiary/aromatic N) is 3. The lowest BCUT2D eigenvalue weighted by Crippen LogP contribution is -2.46. The summed E-state index contributed by atoms with van der Waals surface area (Å²) in [4.78, 5) is 25.5. The third kappa shape index (κ3) is 2.97. The SMILES string of the molecule is O=c1[nH]c(N2CCC3(CC2)CN(CC2CC2)c2ccccc23)nc2c1CCCC2. The number of aromatic amines is 1. The van der Waals surface area contributed by atoms with Crippen molar-refractivity contribution in [1.29, 1.82) is 0 Å². The molecule has 152 valence electrons. The minimum absolute atomic E-state index is 0.0896. The molecular weight excluding hydrogens is 360 g/mol. The molecule has 5 heteroatoms. The van der Waals surface area contributed by atoms with E-state index in [1.54, 1.807) is 5.56 Å². The van der Waals surface area contributed by atoms with Crippen molar-refractivity contribution in [2.24, 2.45) is 5.92 Å². The maximum Gasteiger partial charge on any atom is 0.255 e. The molecule has 29 heavy (non-hydrogen) atoms. The lowest BCUT2D eigenvalue weighted by molar-refractivity contribution is 0.347. The molecule has 0 atom stereocenters. The lowest BCUT2D eigenvalue weighted by atomic mass is 9.74. The molecule has 0 radical (unpaired) electrons. The number of anilines is 2. The van der Waals surface area contributed by atoms with Crippen molar-refractivity contribution in [3.63, 3.8) is 0 Å². The number of nitrogens with one attached hydrogen (secondary N) is 1. The molecule has 0 unspecified atom stereocenters. The summed E-state index contributed by atoms with van der Waals surface area (Å²) in [6, 6.07) is 9.07. The molecule has 1 saturated carbocycles. The molecular formula is C24H30N4O. The maximum atomic E-state index is 12.6. The summed E-state index contributed by atoms with van der Waals surface area (Å²) in [5.41, 5.74) is 5.33. The van der Waals surface area contributed by atoms with Gasteiger partial charge in [-0.05, 0) is 68.9 Å². The molecule has 1 saturated heterocycles. The molecule has 0 amide bonds. The summed E-state index contributed by atoms with van der Waals surface area (Å²) in [5.74, 6) is 1.70. The Balaban J connectivity index is 1.24. The highest BCUT2D eigenvalue weighted by molar-refractivity contribution is 5.63. The molecule has 2 aliphatic heterocycles. The van der Waals surface area contributed by atoms with Crippen LogP contribution in [0.15, 0.2) is 29.1 Å². The van der Waals surface area contributed by atoms with E-state index < -0.39 is 0 Å². The Bertz CT molecular complexity index is 985. The Morgan fingerprint density at radius 2 is 1.90 bits per heavy atom. The zero-order chi connectivity index (χ0) is 19.4. The van der Waals surface area contributed by atoms with Crippen molar-refractivity contribution in [2.45, 2.75) is 56.8 Å². The first-order chi connectivity index (χ1) is 14.2. The lowest BCUT2D eigenvalue weighted by Gasteiger charge is -2.40.